The van der Waals surface area contributed by atoms with Crippen molar-refractivity contribution in [2.24, 2.45) is 0 Å². The second-order valence-corrected chi connectivity index (χ2v) is 2.63. The molecular formula is C9H18O3. The zero-order valence-electron chi connectivity index (χ0n) is 8.35. The van der Waals surface area contributed by atoms with E-state index in [1.165, 1.54) is 0 Å². The molecular weight excluding hydrogens is 156 g/mol. The van der Waals surface area contributed by atoms with Crippen LogP contribution in [0.1, 0.15) is 33.6 Å². The number of hydrogen-bond donors (Lipinski definition) is 0. The van der Waals surface area contributed by atoms with Crippen LogP contribution in [-0.4, -0.2) is 25.3 Å². The molecule has 0 radical (unpaired) electrons. The van der Waals surface area contributed by atoms with Gasteiger partial charge < -0.3 is 9.47 Å². The van der Waals surface area contributed by atoms with E-state index in [9.17, 15) is 4.79 Å². The molecule has 0 aliphatic heterocycles. The summed E-state index contributed by atoms with van der Waals surface area (Å²) in [5.74, 6) is -0.252. The third kappa shape index (κ3) is 2.21. The van der Waals surface area contributed by atoms with E-state index in [2.05, 4.69) is 0 Å². The lowest BCUT2D eigenvalue weighted by molar-refractivity contribution is -0.169. The summed E-state index contributed by atoms with van der Waals surface area (Å²) in [5, 5.41) is 0. The Bertz CT molecular complexity index is 130. The van der Waals surface area contributed by atoms with Gasteiger partial charge in [0.05, 0.1) is 6.61 Å². The third-order valence-electron chi connectivity index (χ3n) is 2.18. The molecule has 0 saturated carbocycles. The highest BCUT2D eigenvalue weighted by molar-refractivity contribution is 5.79. The van der Waals surface area contributed by atoms with Crippen molar-refractivity contribution >= 4 is 5.97 Å². The maximum atomic E-state index is 11.4. The second kappa shape index (κ2) is 5.14. The van der Waals surface area contributed by atoms with Crippen LogP contribution in [0.5, 0.6) is 0 Å². The number of methoxy groups -OCH3 is 1. The summed E-state index contributed by atoms with van der Waals surface area (Å²) in [6, 6.07) is 0. The minimum Gasteiger partial charge on any atom is -0.464 e. The fraction of sp³-hybridized carbons (Fsp3) is 0.889. The topological polar surface area (TPSA) is 35.5 Å². The second-order valence-electron chi connectivity index (χ2n) is 2.63. The van der Waals surface area contributed by atoms with Crippen LogP contribution in [0.4, 0.5) is 0 Å². The lowest BCUT2D eigenvalue weighted by Gasteiger charge is -2.27. The number of carbonyl (C=O) groups excluding carboxylic acids is 1. The van der Waals surface area contributed by atoms with Crippen LogP contribution in [0.2, 0.25) is 0 Å². The highest BCUT2D eigenvalue weighted by Gasteiger charge is 2.36. The lowest BCUT2D eigenvalue weighted by Crippen LogP contribution is -2.40. The maximum Gasteiger partial charge on any atom is 0.338 e. The lowest BCUT2D eigenvalue weighted by atomic mass is 9.97. The van der Waals surface area contributed by atoms with Crippen LogP contribution in [0.3, 0.4) is 0 Å². The molecule has 3 nitrogen and oxygen atoms in total. The molecule has 0 unspecified atom stereocenters. The van der Waals surface area contributed by atoms with Crippen LogP contribution in [0.25, 0.3) is 0 Å². The van der Waals surface area contributed by atoms with Crippen LogP contribution in [0, 0.1) is 0 Å². The van der Waals surface area contributed by atoms with Gasteiger partial charge in [-0.2, -0.15) is 0 Å². The van der Waals surface area contributed by atoms with E-state index in [1.807, 2.05) is 13.8 Å². The predicted molar refractivity (Wildman–Crippen MR) is 47.0 cm³/mol. The van der Waals surface area contributed by atoms with Gasteiger partial charge in [0.15, 0.2) is 5.60 Å². The van der Waals surface area contributed by atoms with Gasteiger partial charge in [-0.25, -0.2) is 4.79 Å². The molecule has 12 heavy (non-hydrogen) atoms. The van der Waals surface area contributed by atoms with Crippen LogP contribution < -0.4 is 0 Å². The van der Waals surface area contributed by atoms with Gasteiger partial charge in [0.1, 0.15) is 0 Å². The van der Waals surface area contributed by atoms with E-state index in [4.69, 9.17) is 9.47 Å². The summed E-state index contributed by atoms with van der Waals surface area (Å²) in [6.07, 6.45) is 1.30. The normalized spacial score (nSPS) is 11.3. The summed E-state index contributed by atoms with van der Waals surface area (Å²) in [5.41, 5.74) is -0.726. The Morgan fingerprint density at radius 3 is 2.00 bits per heavy atom. The monoisotopic (exact) mass is 174 g/mol. The summed E-state index contributed by atoms with van der Waals surface area (Å²) in [6.45, 7) is 6.04. The highest BCUT2D eigenvalue weighted by atomic mass is 16.6. The number of hydrogen-bond acceptors (Lipinski definition) is 3. The zero-order valence-corrected chi connectivity index (χ0v) is 8.35. The molecule has 0 aromatic rings. The molecule has 0 aliphatic carbocycles. The van der Waals surface area contributed by atoms with Gasteiger partial charge in [-0.15, -0.1) is 0 Å². The first-order chi connectivity index (χ1) is 5.66. The van der Waals surface area contributed by atoms with Crippen LogP contribution in [0.15, 0.2) is 0 Å². The molecule has 0 fully saturated rings. The maximum absolute atomic E-state index is 11.4. The molecule has 0 rings (SSSR count). The quantitative estimate of drug-likeness (QED) is 0.596. The van der Waals surface area contributed by atoms with Crippen molar-refractivity contribution in [3.8, 4) is 0 Å². The third-order valence-corrected chi connectivity index (χ3v) is 2.18. The number of rotatable bonds is 5. The molecule has 0 spiro atoms. The number of ether oxygens (including phenoxy) is 2. The van der Waals surface area contributed by atoms with Crippen molar-refractivity contribution in [1.29, 1.82) is 0 Å². The molecule has 0 bridgehead atoms. The molecule has 3 heteroatoms. The average Bonchev–Trinajstić information content (AvgIpc) is 2.09. The smallest absolute Gasteiger partial charge is 0.338 e. The Balaban J connectivity index is 4.36. The molecule has 72 valence electrons. The first-order valence-corrected chi connectivity index (χ1v) is 4.39. The molecule has 0 amide bonds. The molecule has 0 saturated heterocycles. The van der Waals surface area contributed by atoms with Crippen molar-refractivity contribution in [2.75, 3.05) is 13.7 Å². The number of carbonyl (C=O) groups is 1. The van der Waals surface area contributed by atoms with Gasteiger partial charge in [0.2, 0.25) is 0 Å². The van der Waals surface area contributed by atoms with Crippen molar-refractivity contribution in [2.45, 2.75) is 39.2 Å². The van der Waals surface area contributed by atoms with Crippen LogP contribution >= 0.6 is 0 Å². The molecule has 0 aromatic heterocycles. The summed E-state index contributed by atoms with van der Waals surface area (Å²) < 4.78 is 10.1. The largest absolute Gasteiger partial charge is 0.464 e. The summed E-state index contributed by atoms with van der Waals surface area (Å²) >= 11 is 0. The highest BCUT2D eigenvalue weighted by Crippen LogP contribution is 2.21. The predicted octanol–water partition coefficient (Wildman–Crippen LogP) is 1.75. The van der Waals surface area contributed by atoms with E-state index in [-0.39, 0.29) is 5.97 Å². The van der Waals surface area contributed by atoms with E-state index >= 15 is 0 Å². The van der Waals surface area contributed by atoms with Crippen molar-refractivity contribution in [3.05, 3.63) is 0 Å². The van der Waals surface area contributed by atoms with E-state index in [1.54, 1.807) is 14.0 Å². The minimum atomic E-state index is -0.726. The first kappa shape index (κ1) is 11.4. The molecule has 0 N–H and O–H groups in total. The Morgan fingerprint density at radius 1 is 1.25 bits per heavy atom. The fourth-order valence-electron chi connectivity index (χ4n) is 1.17. The molecule has 0 atom stereocenters. The standard InChI is InChI=1S/C9H18O3/c1-5-9(6-2,11-4)8(10)12-7-3/h5-7H2,1-4H3. The van der Waals surface area contributed by atoms with Gasteiger partial charge in [0, 0.05) is 7.11 Å². The number of esters is 1. The fourth-order valence-corrected chi connectivity index (χ4v) is 1.17. The van der Waals surface area contributed by atoms with E-state index < -0.39 is 5.60 Å². The zero-order chi connectivity index (χ0) is 9.61. The van der Waals surface area contributed by atoms with Gasteiger partial charge in [-0.3, -0.25) is 0 Å². The minimum absolute atomic E-state index is 0.252. The van der Waals surface area contributed by atoms with Gasteiger partial charge >= 0.3 is 5.97 Å². The van der Waals surface area contributed by atoms with E-state index in [0.29, 0.717) is 19.4 Å². The Morgan fingerprint density at radius 2 is 1.75 bits per heavy atom. The first-order valence-electron chi connectivity index (χ1n) is 4.39. The summed E-state index contributed by atoms with van der Waals surface area (Å²) in [4.78, 5) is 11.4. The molecule has 0 aromatic carbocycles. The molecule has 0 aliphatic rings. The van der Waals surface area contributed by atoms with Gasteiger partial charge in [-0.1, -0.05) is 13.8 Å². The summed E-state index contributed by atoms with van der Waals surface area (Å²) in [7, 11) is 1.55. The van der Waals surface area contributed by atoms with Crippen molar-refractivity contribution in [1.82, 2.24) is 0 Å². The van der Waals surface area contributed by atoms with Crippen LogP contribution in [-0.2, 0) is 14.3 Å². The van der Waals surface area contributed by atoms with Crippen molar-refractivity contribution in [3.63, 3.8) is 0 Å². The van der Waals surface area contributed by atoms with Gasteiger partial charge in [-0.05, 0) is 19.8 Å². The SMILES string of the molecule is CCOC(=O)C(CC)(CC)OC. The Kier molecular flexibility index (Phi) is 4.90. The van der Waals surface area contributed by atoms with Crippen molar-refractivity contribution < 1.29 is 14.3 Å². The average molecular weight is 174 g/mol. The molecule has 0 heterocycles. The Labute approximate surface area is 74.0 Å². The van der Waals surface area contributed by atoms with Gasteiger partial charge in [0.25, 0.3) is 0 Å². The Hall–Kier alpha value is -0.570. The van der Waals surface area contributed by atoms with E-state index in [0.717, 1.165) is 0 Å².